The highest BCUT2D eigenvalue weighted by Gasteiger charge is 2.64. The summed E-state index contributed by atoms with van der Waals surface area (Å²) in [4.78, 5) is 0. The van der Waals surface area contributed by atoms with E-state index in [1.807, 2.05) is 0 Å². The van der Waals surface area contributed by atoms with Crippen LogP contribution >= 0.6 is 0 Å². The summed E-state index contributed by atoms with van der Waals surface area (Å²) in [5.41, 5.74) is -0.690. The molecule has 0 aromatic heterocycles. The van der Waals surface area contributed by atoms with Crippen LogP contribution in [-0.4, -0.2) is 16.9 Å². The molecule has 1 nitrogen and oxygen atoms in total. The summed E-state index contributed by atoms with van der Waals surface area (Å²) in [5.74, 6) is 5.29. The Bertz CT molecular complexity index is 538. The van der Waals surface area contributed by atoms with E-state index >= 15 is 0 Å². The van der Waals surface area contributed by atoms with E-state index in [2.05, 4.69) is 19.8 Å². The number of hydrogen-bond donors (Lipinski definition) is 1. The summed E-state index contributed by atoms with van der Waals surface area (Å²) < 4.78 is 13.9. The van der Waals surface area contributed by atoms with Crippen LogP contribution in [-0.2, 0) is 0 Å². The molecule has 128 valence electrons. The number of alkyl halides is 1. The van der Waals surface area contributed by atoms with Crippen LogP contribution in [0.5, 0.6) is 0 Å². The van der Waals surface area contributed by atoms with Gasteiger partial charge in [0, 0.05) is 5.41 Å². The standard InChI is InChI=1S/C21H31FO/c1-4-21(23)12-9-18-16-6-5-14-13-15(22)7-10-19(14,2)17(16)8-11-20(18,21)3/h1,14-18,23H,5-13H2,2-3H3/t14-,15-,16+,17-,18-,19-,20-,21-/m0/s1. The predicted molar refractivity (Wildman–Crippen MR) is 90.4 cm³/mol. The molecule has 0 aliphatic heterocycles. The van der Waals surface area contributed by atoms with Gasteiger partial charge in [0.05, 0.1) is 0 Å². The van der Waals surface area contributed by atoms with Crippen molar-refractivity contribution in [1.29, 1.82) is 0 Å². The number of aliphatic hydroxyl groups is 1. The molecule has 0 aromatic carbocycles. The highest BCUT2D eigenvalue weighted by molar-refractivity contribution is 5.23. The Morgan fingerprint density at radius 2 is 1.74 bits per heavy atom. The van der Waals surface area contributed by atoms with E-state index in [-0.39, 0.29) is 5.41 Å². The lowest BCUT2D eigenvalue weighted by Gasteiger charge is -2.61. The molecule has 4 aliphatic rings. The first-order valence-electron chi connectivity index (χ1n) is 9.68. The molecule has 0 spiro atoms. The smallest absolute Gasteiger partial charge is 0.130 e. The summed E-state index contributed by atoms with van der Waals surface area (Å²) >= 11 is 0. The van der Waals surface area contributed by atoms with Crippen LogP contribution in [0.3, 0.4) is 0 Å². The molecule has 4 fully saturated rings. The van der Waals surface area contributed by atoms with Gasteiger partial charge in [0.2, 0.25) is 0 Å². The minimum Gasteiger partial charge on any atom is -0.377 e. The first-order chi connectivity index (χ1) is 10.8. The number of hydrogen-bond acceptors (Lipinski definition) is 1. The second kappa shape index (κ2) is 4.98. The third kappa shape index (κ3) is 1.95. The second-order valence-corrected chi connectivity index (χ2v) is 9.53. The molecule has 1 N–H and O–H groups in total. The van der Waals surface area contributed by atoms with E-state index in [9.17, 15) is 9.50 Å². The maximum absolute atomic E-state index is 13.9. The van der Waals surface area contributed by atoms with Crippen LogP contribution in [0.2, 0.25) is 0 Å². The van der Waals surface area contributed by atoms with E-state index in [4.69, 9.17) is 6.42 Å². The Kier molecular flexibility index (Phi) is 3.45. The number of rotatable bonds is 0. The van der Waals surface area contributed by atoms with Gasteiger partial charge in [-0.25, -0.2) is 4.39 Å². The quantitative estimate of drug-likeness (QED) is 0.640. The van der Waals surface area contributed by atoms with Crippen molar-refractivity contribution in [2.45, 2.75) is 83.4 Å². The van der Waals surface area contributed by atoms with Crippen molar-refractivity contribution in [2.24, 2.45) is 34.5 Å². The fraction of sp³-hybridized carbons (Fsp3) is 0.905. The molecule has 8 atom stereocenters. The Morgan fingerprint density at radius 1 is 1.00 bits per heavy atom. The molecular formula is C21H31FO. The molecule has 0 aromatic rings. The van der Waals surface area contributed by atoms with Gasteiger partial charge in [0.1, 0.15) is 11.8 Å². The van der Waals surface area contributed by atoms with Gasteiger partial charge in [-0.15, -0.1) is 6.42 Å². The van der Waals surface area contributed by atoms with Gasteiger partial charge < -0.3 is 5.11 Å². The SMILES string of the molecule is C#C[C@]1(O)CC[C@H]2[C@@H]3CC[C@H]4C[C@@H](F)CC[C@]4(C)[C@H]3CC[C@@]21C. The molecule has 0 heterocycles. The van der Waals surface area contributed by atoms with E-state index in [1.165, 1.54) is 19.3 Å². The molecule has 0 saturated heterocycles. The van der Waals surface area contributed by atoms with Crippen LogP contribution in [0.15, 0.2) is 0 Å². The fourth-order valence-corrected chi connectivity index (χ4v) is 7.46. The maximum Gasteiger partial charge on any atom is 0.130 e. The summed E-state index contributed by atoms with van der Waals surface area (Å²) in [5, 5.41) is 11.0. The summed E-state index contributed by atoms with van der Waals surface area (Å²) in [6.07, 6.45) is 14.2. The van der Waals surface area contributed by atoms with Crippen molar-refractivity contribution < 1.29 is 9.50 Å². The highest BCUT2D eigenvalue weighted by Crippen LogP contribution is 2.68. The van der Waals surface area contributed by atoms with Crippen molar-refractivity contribution in [1.82, 2.24) is 0 Å². The lowest BCUT2D eigenvalue weighted by molar-refractivity contribution is -0.140. The highest BCUT2D eigenvalue weighted by atomic mass is 19.1. The topological polar surface area (TPSA) is 20.2 Å². The minimum atomic E-state index is -0.906. The molecule has 2 heteroatoms. The van der Waals surface area contributed by atoms with Gasteiger partial charge in [0.25, 0.3) is 0 Å². The Morgan fingerprint density at radius 3 is 2.48 bits per heavy atom. The second-order valence-electron chi connectivity index (χ2n) is 9.53. The van der Waals surface area contributed by atoms with Gasteiger partial charge in [0.15, 0.2) is 0 Å². The summed E-state index contributed by atoms with van der Waals surface area (Å²) in [6.45, 7) is 4.69. The summed E-state index contributed by atoms with van der Waals surface area (Å²) in [6, 6.07) is 0. The fourth-order valence-electron chi connectivity index (χ4n) is 7.46. The van der Waals surface area contributed by atoms with Crippen molar-refractivity contribution in [2.75, 3.05) is 0 Å². The van der Waals surface area contributed by atoms with Crippen molar-refractivity contribution in [3.05, 3.63) is 0 Å². The van der Waals surface area contributed by atoms with E-state index < -0.39 is 11.8 Å². The zero-order valence-electron chi connectivity index (χ0n) is 14.7. The van der Waals surface area contributed by atoms with Gasteiger partial charge in [-0.2, -0.15) is 0 Å². The van der Waals surface area contributed by atoms with Crippen LogP contribution in [0, 0.1) is 46.8 Å². The molecule has 4 aliphatic carbocycles. The largest absolute Gasteiger partial charge is 0.377 e. The molecule has 4 rings (SSSR count). The molecular weight excluding hydrogens is 287 g/mol. The Hall–Kier alpha value is -0.550. The average Bonchev–Trinajstić information content (AvgIpc) is 2.80. The average molecular weight is 318 g/mol. The lowest BCUT2D eigenvalue weighted by Crippen LogP contribution is -2.56. The Labute approximate surface area is 140 Å². The number of halogens is 1. The molecule has 0 amide bonds. The zero-order chi connectivity index (χ0) is 16.5. The van der Waals surface area contributed by atoms with Crippen molar-refractivity contribution in [3.8, 4) is 12.3 Å². The van der Waals surface area contributed by atoms with E-state index in [0.29, 0.717) is 29.1 Å². The molecule has 4 saturated carbocycles. The predicted octanol–water partition coefficient (Wildman–Crippen LogP) is 4.73. The monoisotopic (exact) mass is 318 g/mol. The normalized spacial score (nSPS) is 58.7. The van der Waals surface area contributed by atoms with E-state index in [0.717, 1.165) is 38.5 Å². The van der Waals surface area contributed by atoms with Crippen LogP contribution in [0.4, 0.5) is 4.39 Å². The Balaban J connectivity index is 1.65. The molecule has 0 bridgehead atoms. The van der Waals surface area contributed by atoms with Gasteiger partial charge >= 0.3 is 0 Å². The van der Waals surface area contributed by atoms with Gasteiger partial charge in [-0.3, -0.25) is 0 Å². The third-order valence-electron chi connectivity index (χ3n) is 8.99. The minimum absolute atomic E-state index is 0.108. The lowest BCUT2D eigenvalue weighted by atomic mass is 9.44. The summed E-state index contributed by atoms with van der Waals surface area (Å²) in [7, 11) is 0. The molecule has 23 heavy (non-hydrogen) atoms. The van der Waals surface area contributed by atoms with Crippen LogP contribution in [0.25, 0.3) is 0 Å². The van der Waals surface area contributed by atoms with E-state index in [1.54, 1.807) is 0 Å². The van der Waals surface area contributed by atoms with Gasteiger partial charge in [-0.05, 0) is 86.9 Å². The van der Waals surface area contributed by atoms with Crippen molar-refractivity contribution in [3.63, 3.8) is 0 Å². The number of terminal acetylenes is 1. The van der Waals surface area contributed by atoms with Crippen LogP contribution in [0.1, 0.15) is 71.6 Å². The van der Waals surface area contributed by atoms with Crippen LogP contribution < -0.4 is 0 Å². The third-order valence-corrected chi connectivity index (χ3v) is 8.99. The first kappa shape index (κ1) is 15.9. The van der Waals surface area contributed by atoms with Gasteiger partial charge in [-0.1, -0.05) is 19.8 Å². The first-order valence-corrected chi connectivity index (χ1v) is 9.68. The number of fused-ring (bicyclic) bond motifs is 5. The maximum atomic E-state index is 13.9. The van der Waals surface area contributed by atoms with Crippen molar-refractivity contribution >= 4 is 0 Å². The molecule has 0 unspecified atom stereocenters. The zero-order valence-corrected chi connectivity index (χ0v) is 14.7. The molecule has 0 radical (unpaired) electrons.